The van der Waals surface area contributed by atoms with Crippen LogP contribution in [0.2, 0.25) is 0 Å². The van der Waals surface area contributed by atoms with Crippen LogP contribution in [0.25, 0.3) is 0 Å². The van der Waals surface area contributed by atoms with E-state index in [0.717, 1.165) is 0 Å². The first-order chi connectivity index (χ1) is 6.80. The fraction of sp³-hybridized carbons (Fsp3) is 1.00. The Morgan fingerprint density at radius 1 is 1.21 bits per heavy atom. The second-order valence-corrected chi connectivity index (χ2v) is 7.47. The van der Waals surface area contributed by atoms with E-state index in [1.807, 2.05) is 0 Å². The molecule has 80 valence electrons. The Labute approximate surface area is 88.0 Å². The summed E-state index contributed by atoms with van der Waals surface area (Å²) in [5, 5.41) is 0. The molecule has 0 aromatic heterocycles. The van der Waals surface area contributed by atoms with Crippen molar-refractivity contribution >= 4 is 7.92 Å². The highest BCUT2D eigenvalue weighted by Crippen LogP contribution is 2.50. The topological polar surface area (TPSA) is 6.48 Å². The molecule has 0 aliphatic carbocycles. The van der Waals surface area contributed by atoms with Crippen LogP contribution >= 0.6 is 7.92 Å². The van der Waals surface area contributed by atoms with Gasteiger partial charge in [-0.1, -0.05) is 13.3 Å². The molecule has 4 bridgehead atoms. The summed E-state index contributed by atoms with van der Waals surface area (Å²) in [6.45, 7) is 7.73. The molecule has 3 nitrogen and oxygen atoms in total. The van der Waals surface area contributed by atoms with E-state index in [1.165, 1.54) is 62.7 Å². The van der Waals surface area contributed by atoms with Crippen LogP contribution in [0.3, 0.4) is 0 Å². The van der Waals surface area contributed by atoms with E-state index in [-0.39, 0.29) is 0 Å². The van der Waals surface area contributed by atoms with Gasteiger partial charge in [0.1, 0.15) is 19.6 Å². The van der Waals surface area contributed by atoms with Crippen molar-refractivity contribution in [2.75, 3.05) is 45.4 Å². The summed E-state index contributed by atoms with van der Waals surface area (Å²) in [6, 6.07) is 0. The van der Waals surface area contributed by atoms with Crippen molar-refractivity contribution in [1.82, 2.24) is 9.80 Å². The maximum Gasteiger partial charge on any atom is 0.137 e. The molecule has 0 aromatic carbocycles. The standard InChI is InChI=1S/C10H21N3P/c1-2-3-4-13-6-11-5-12(7-13)9-14(8-11)10-13/h2-10H2,1H3/q+1. The fourth-order valence-corrected chi connectivity index (χ4v) is 6.29. The zero-order valence-corrected chi connectivity index (χ0v) is 10.0. The molecule has 2 unspecified atom stereocenters. The van der Waals surface area contributed by atoms with E-state index in [4.69, 9.17) is 0 Å². The molecule has 0 spiro atoms. The van der Waals surface area contributed by atoms with Gasteiger partial charge in [0.15, 0.2) is 0 Å². The summed E-state index contributed by atoms with van der Waals surface area (Å²) in [7, 11) is 0.347. The molecule has 4 saturated heterocycles. The molecule has 0 saturated carbocycles. The van der Waals surface area contributed by atoms with Gasteiger partial charge in [0.05, 0.1) is 13.2 Å². The molecular weight excluding hydrogens is 193 g/mol. The van der Waals surface area contributed by atoms with Gasteiger partial charge in [-0.25, -0.2) is 9.80 Å². The molecule has 0 aromatic rings. The molecule has 4 heterocycles. The minimum absolute atomic E-state index is 0.347. The molecule has 4 heteroatoms. The van der Waals surface area contributed by atoms with Gasteiger partial charge < -0.3 is 0 Å². The number of unbranched alkanes of at least 4 members (excludes halogenated alkanes) is 1. The van der Waals surface area contributed by atoms with Crippen molar-refractivity contribution in [2.24, 2.45) is 0 Å². The highest BCUT2D eigenvalue weighted by Gasteiger charge is 2.48. The van der Waals surface area contributed by atoms with Crippen molar-refractivity contribution in [3.8, 4) is 0 Å². The number of quaternary nitrogens is 1. The Morgan fingerprint density at radius 2 is 1.93 bits per heavy atom. The molecule has 2 atom stereocenters. The van der Waals surface area contributed by atoms with E-state index >= 15 is 0 Å². The quantitative estimate of drug-likeness (QED) is 0.518. The molecule has 0 radical (unpaired) electrons. The minimum atomic E-state index is 0.347. The first kappa shape index (κ1) is 9.53. The van der Waals surface area contributed by atoms with E-state index in [0.29, 0.717) is 7.92 Å². The van der Waals surface area contributed by atoms with Crippen LogP contribution in [0.5, 0.6) is 0 Å². The third-order valence-corrected chi connectivity index (χ3v) is 6.29. The normalized spacial score (nSPS) is 49.9. The van der Waals surface area contributed by atoms with Crippen LogP contribution in [0.1, 0.15) is 19.8 Å². The summed E-state index contributed by atoms with van der Waals surface area (Å²) in [6.07, 6.45) is 7.20. The maximum atomic E-state index is 2.69. The van der Waals surface area contributed by atoms with Crippen molar-refractivity contribution in [1.29, 1.82) is 0 Å². The largest absolute Gasteiger partial charge is 0.295 e. The molecule has 4 aliphatic heterocycles. The summed E-state index contributed by atoms with van der Waals surface area (Å²) in [4.78, 5) is 5.38. The van der Waals surface area contributed by atoms with Crippen LogP contribution in [0.15, 0.2) is 0 Å². The molecule has 14 heavy (non-hydrogen) atoms. The van der Waals surface area contributed by atoms with E-state index < -0.39 is 0 Å². The zero-order chi connectivity index (χ0) is 9.60. The minimum Gasteiger partial charge on any atom is -0.295 e. The molecular formula is C10H21N3P+. The highest BCUT2D eigenvalue weighted by molar-refractivity contribution is 7.57. The lowest BCUT2D eigenvalue weighted by Gasteiger charge is -2.60. The molecule has 0 amide bonds. The monoisotopic (exact) mass is 214 g/mol. The second-order valence-electron chi connectivity index (χ2n) is 5.28. The van der Waals surface area contributed by atoms with Crippen molar-refractivity contribution in [3.05, 3.63) is 0 Å². The Morgan fingerprint density at radius 3 is 2.50 bits per heavy atom. The predicted octanol–water partition coefficient (Wildman–Crippen LogP) is 1.47. The van der Waals surface area contributed by atoms with E-state index in [1.54, 1.807) is 0 Å². The first-order valence-electron chi connectivity index (χ1n) is 5.82. The average Bonchev–Trinajstić information content (AvgIpc) is 2.12. The van der Waals surface area contributed by atoms with Gasteiger partial charge in [-0.3, -0.25) is 4.48 Å². The van der Waals surface area contributed by atoms with Crippen LogP contribution < -0.4 is 0 Å². The zero-order valence-electron chi connectivity index (χ0n) is 9.15. The number of nitrogens with zero attached hydrogens (tertiary/aromatic N) is 3. The van der Waals surface area contributed by atoms with Crippen molar-refractivity contribution in [3.63, 3.8) is 0 Å². The average molecular weight is 214 g/mol. The summed E-state index contributed by atoms with van der Waals surface area (Å²) >= 11 is 0. The van der Waals surface area contributed by atoms with Crippen LogP contribution in [0, 0.1) is 0 Å². The number of hydrogen-bond donors (Lipinski definition) is 0. The Bertz CT molecular complexity index is 196. The van der Waals surface area contributed by atoms with Gasteiger partial charge in [-0.2, -0.15) is 0 Å². The third-order valence-electron chi connectivity index (χ3n) is 3.69. The van der Waals surface area contributed by atoms with Gasteiger partial charge >= 0.3 is 0 Å². The SMILES string of the molecule is CCCC[N+]12CN3CN(CP(C3)C1)C2. The van der Waals surface area contributed by atoms with Gasteiger partial charge in [0.25, 0.3) is 0 Å². The fourth-order valence-electron chi connectivity index (χ4n) is 3.36. The first-order valence-corrected chi connectivity index (χ1v) is 7.72. The third kappa shape index (κ3) is 1.51. The summed E-state index contributed by atoms with van der Waals surface area (Å²) in [5.74, 6) is 0. The maximum absolute atomic E-state index is 2.69. The molecule has 0 N–H and O–H groups in total. The number of hydrogen-bond acceptors (Lipinski definition) is 2. The van der Waals surface area contributed by atoms with Crippen molar-refractivity contribution in [2.45, 2.75) is 19.8 Å². The van der Waals surface area contributed by atoms with Crippen LogP contribution in [0.4, 0.5) is 0 Å². The van der Waals surface area contributed by atoms with E-state index in [9.17, 15) is 0 Å². The number of rotatable bonds is 3. The molecule has 4 fully saturated rings. The van der Waals surface area contributed by atoms with Gasteiger partial charge in [-0.15, -0.1) is 0 Å². The lowest BCUT2D eigenvalue weighted by Crippen LogP contribution is -2.71. The highest BCUT2D eigenvalue weighted by atomic mass is 31.1. The lowest BCUT2D eigenvalue weighted by molar-refractivity contribution is -0.948. The Balaban J connectivity index is 1.74. The summed E-state index contributed by atoms with van der Waals surface area (Å²) < 4.78 is 1.42. The second kappa shape index (κ2) is 3.41. The van der Waals surface area contributed by atoms with Crippen molar-refractivity contribution < 1.29 is 4.48 Å². The molecule has 4 aliphatic rings. The predicted molar refractivity (Wildman–Crippen MR) is 59.8 cm³/mol. The van der Waals surface area contributed by atoms with Crippen LogP contribution in [-0.4, -0.2) is 59.7 Å². The van der Waals surface area contributed by atoms with Gasteiger partial charge in [0, 0.05) is 12.6 Å². The van der Waals surface area contributed by atoms with E-state index in [2.05, 4.69) is 16.7 Å². The Kier molecular flexibility index (Phi) is 2.32. The van der Waals surface area contributed by atoms with Gasteiger partial charge in [-0.05, 0) is 14.3 Å². The smallest absolute Gasteiger partial charge is 0.137 e. The van der Waals surface area contributed by atoms with Gasteiger partial charge in [0.2, 0.25) is 0 Å². The molecule has 4 rings (SSSR count). The summed E-state index contributed by atoms with van der Waals surface area (Å²) in [5.41, 5.74) is 0. The van der Waals surface area contributed by atoms with Crippen LogP contribution in [-0.2, 0) is 0 Å². The lowest BCUT2D eigenvalue weighted by atomic mass is 10.3. The Hall–Kier alpha value is 0.310.